The molecule has 0 spiro atoms. The van der Waals surface area contributed by atoms with Gasteiger partial charge in [0.25, 0.3) is 0 Å². The van der Waals surface area contributed by atoms with Crippen LogP contribution in [0.3, 0.4) is 0 Å². The van der Waals surface area contributed by atoms with Crippen molar-refractivity contribution in [2.24, 2.45) is 0 Å². The molecule has 1 aromatic carbocycles. The first-order valence-electron chi connectivity index (χ1n) is 6.21. The molecule has 17 heavy (non-hydrogen) atoms. The fourth-order valence-corrected chi connectivity index (χ4v) is 2.06. The van der Waals surface area contributed by atoms with Gasteiger partial charge in [-0.15, -0.1) is 0 Å². The van der Waals surface area contributed by atoms with Crippen molar-refractivity contribution in [3.8, 4) is 0 Å². The Kier molecular flexibility index (Phi) is 3.25. The molecule has 92 valence electrons. The summed E-state index contributed by atoms with van der Waals surface area (Å²) in [4.78, 5) is 2.26. The summed E-state index contributed by atoms with van der Waals surface area (Å²) >= 11 is 0. The molecule has 0 aliphatic rings. The second-order valence-corrected chi connectivity index (χ2v) is 5.28. The standard InChI is InChI=1S/C15H22N2/c1-11-8-14-6-7-17(10-13(3)16(4)5)15(14)9-12(11)2/h6-9,13H,10H2,1-5H3/t13-/m0/s1. The Balaban J connectivity index is 2.39. The molecule has 0 radical (unpaired) electrons. The monoisotopic (exact) mass is 230 g/mol. The molecule has 0 aliphatic carbocycles. The van der Waals surface area contributed by atoms with E-state index >= 15 is 0 Å². The maximum atomic E-state index is 2.35. The van der Waals surface area contributed by atoms with E-state index in [0.29, 0.717) is 6.04 Å². The molecule has 2 heteroatoms. The van der Waals surface area contributed by atoms with Gasteiger partial charge in [-0.1, -0.05) is 0 Å². The number of benzene rings is 1. The third kappa shape index (κ3) is 2.37. The van der Waals surface area contributed by atoms with Crippen molar-refractivity contribution < 1.29 is 0 Å². The summed E-state index contributed by atoms with van der Waals surface area (Å²) in [5.74, 6) is 0. The van der Waals surface area contributed by atoms with E-state index in [4.69, 9.17) is 0 Å². The van der Waals surface area contributed by atoms with Gasteiger partial charge in [0.1, 0.15) is 0 Å². The number of aryl methyl sites for hydroxylation is 2. The smallest absolute Gasteiger partial charge is 0.0483 e. The van der Waals surface area contributed by atoms with Gasteiger partial charge in [-0.05, 0) is 69.6 Å². The minimum Gasteiger partial charge on any atom is -0.346 e. The quantitative estimate of drug-likeness (QED) is 0.786. The molecule has 0 amide bonds. The van der Waals surface area contributed by atoms with E-state index in [-0.39, 0.29) is 0 Å². The van der Waals surface area contributed by atoms with E-state index in [1.165, 1.54) is 22.0 Å². The van der Waals surface area contributed by atoms with Gasteiger partial charge < -0.3 is 9.47 Å². The van der Waals surface area contributed by atoms with E-state index in [1.807, 2.05) is 0 Å². The number of likely N-dealkylation sites (N-methyl/N-ethyl adjacent to an activating group) is 1. The van der Waals surface area contributed by atoms with Crippen molar-refractivity contribution >= 4 is 10.9 Å². The molecule has 0 fully saturated rings. The van der Waals surface area contributed by atoms with Crippen molar-refractivity contribution in [1.29, 1.82) is 0 Å². The van der Waals surface area contributed by atoms with E-state index in [0.717, 1.165) is 6.54 Å². The van der Waals surface area contributed by atoms with Gasteiger partial charge in [-0.2, -0.15) is 0 Å². The highest BCUT2D eigenvalue weighted by Gasteiger charge is 2.08. The Hall–Kier alpha value is -1.28. The predicted molar refractivity (Wildman–Crippen MR) is 74.6 cm³/mol. The highest BCUT2D eigenvalue weighted by molar-refractivity contribution is 5.81. The lowest BCUT2D eigenvalue weighted by Crippen LogP contribution is -2.28. The van der Waals surface area contributed by atoms with E-state index in [9.17, 15) is 0 Å². The minimum atomic E-state index is 0.548. The molecule has 1 atom stereocenters. The van der Waals surface area contributed by atoms with Crippen LogP contribution in [0.4, 0.5) is 0 Å². The Labute approximate surface area is 104 Å². The van der Waals surface area contributed by atoms with Crippen molar-refractivity contribution in [2.45, 2.75) is 33.4 Å². The average Bonchev–Trinajstić information content (AvgIpc) is 2.62. The van der Waals surface area contributed by atoms with Crippen molar-refractivity contribution in [3.05, 3.63) is 35.5 Å². The number of nitrogens with zero attached hydrogens (tertiary/aromatic N) is 2. The summed E-state index contributed by atoms with van der Waals surface area (Å²) in [6, 6.07) is 7.34. The average molecular weight is 230 g/mol. The maximum absolute atomic E-state index is 2.35. The molecule has 2 rings (SSSR count). The third-order valence-electron chi connectivity index (χ3n) is 3.73. The highest BCUT2D eigenvalue weighted by atomic mass is 15.1. The number of rotatable bonds is 3. The molecule has 0 unspecified atom stereocenters. The molecular formula is C15H22N2. The number of hydrogen-bond donors (Lipinski definition) is 0. The normalized spacial score (nSPS) is 13.5. The molecule has 0 saturated carbocycles. The molecule has 2 nitrogen and oxygen atoms in total. The lowest BCUT2D eigenvalue weighted by atomic mass is 10.1. The Morgan fingerprint density at radius 2 is 1.82 bits per heavy atom. The summed E-state index contributed by atoms with van der Waals surface area (Å²) in [6.07, 6.45) is 2.20. The van der Waals surface area contributed by atoms with Crippen LogP contribution >= 0.6 is 0 Å². The van der Waals surface area contributed by atoms with Gasteiger partial charge in [0.2, 0.25) is 0 Å². The third-order valence-corrected chi connectivity index (χ3v) is 3.73. The Morgan fingerprint density at radius 1 is 1.18 bits per heavy atom. The summed E-state index contributed by atoms with van der Waals surface area (Å²) in [5.41, 5.74) is 4.09. The maximum Gasteiger partial charge on any atom is 0.0483 e. The second kappa shape index (κ2) is 4.53. The fraction of sp³-hybridized carbons (Fsp3) is 0.467. The molecule has 1 heterocycles. The zero-order chi connectivity index (χ0) is 12.6. The van der Waals surface area contributed by atoms with Crippen LogP contribution in [-0.4, -0.2) is 29.6 Å². The summed E-state index contributed by atoms with van der Waals surface area (Å²) in [6.45, 7) is 7.65. The van der Waals surface area contributed by atoms with E-state index in [2.05, 4.69) is 68.7 Å². The van der Waals surface area contributed by atoms with Crippen LogP contribution in [0.15, 0.2) is 24.4 Å². The zero-order valence-electron chi connectivity index (χ0n) is 11.5. The van der Waals surface area contributed by atoms with Gasteiger partial charge in [0.05, 0.1) is 0 Å². The number of fused-ring (bicyclic) bond motifs is 1. The van der Waals surface area contributed by atoms with Crippen molar-refractivity contribution in [3.63, 3.8) is 0 Å². The van der Waals surface area contributed by atoms with Gasteiger partial charge in [0, 0.05) is 24.3 Å². The van der Waals surface area contributed by atoms with Crippen LogP contribution in [0.1, 0.15) is 18.1 Å². The predicted octanol–water partition coefficient (Wildman–Crippen LogP) is 3.21. The van der Waals surface area contributed by atoms with Crippen molar-refractivity contribution in [2.75, 3.05) is 14.1 Å². The number of hydrogen-bond acceptors (Lipinski definition) is 1. The van der Waals surface area contributed by atoms with Crippen LogP contribution in [-0.2, 0) is 6.54 Å². The molecule has 1 aromatic heterocycles. The van der Waals surface area contributed by atoms with Crippen LogP contribution in [0.2, 0.25) is 0 Å². The Bertz CT molecular complexity index is 523. The lowest BCUT2D eigenvalue weighted by Gasteiger charge is -2.21. The first-order valence-corrected chi connectivity index (χ1v) is 6.21. The fourth-order valence-electron chi connectivity index (χ4n) is 2.06. The number of aromatic nitrogens is 1. The van der Waals surface area contributed by atoms with E-state index < -0.39 is 0 Å². The molecule has 0 bridgehead atoms. The Morgan fingerprint density at radius 3 is 2.47 bits per heavy atom. The van der Waals surface area contributed by atoms with Crippen LogP contribution < -0.4 is 0 Å². The second-order valence-electron chi connectivity index (χ2n) is 5.28. The van der Waals surface area contributed by atoms with Gasteiger partial charge in [0.15, 0.2) is 0 Å². The van der Waals surface area contributed by atoms with Crippen molar-refractivity contribution in [1.82, 2.24) is 9.47 Å². The molecule has 0 aliphatic heterocycles. The van der Waals surface area contributed by atoms with Crippen LogP contribution in [0.25, 0.3) is 10.9 Å². The van der Waals surface area contributed by atoms with Gasteiger partial charge >= 0.3 is 0 Å². The minimum absolute atomic E-state index is 0.548. The molecular weight excluding hydrogens is 208 g/mol. The first kappa shape index (κ1) is 12.2. The first-order chi connectivity index (χ1) is 7.99. The topological polar surface area (TPSA) is 8.17 Å². The summed E-state index contributed by atoms with van der Waals surface area (Å²) in [5, 5.41) is 1.35. The van der Waals surface area contributed by atoms with Crippen LogP contribution in [0.5, 0.6) is 0 Å². The largest absolute Gasteiger partial charge is 0.346 e. The SMILES string of the molecule is Cc1cc2ccn(C[C@H](C)N(C)C)c2cc1C. The molecule has 2 aromatic rings. The zero-order valence-corrected chi connectivity index (χ0v) is 11.5. The van der Waals surface area contributed by atoms with Gasteiger partial charge in [-0.25, -0.2) is 0 Å². The lowest BCUT2D eigenvalue weighted by molar-refractivity contribution is 0.286. The molecule has 0 N–H and O–H groups in total. The summed E-state index contributed by atoms with van der Waals surface area (Å²) in [7, 11) is 4.26. The van der Waals surface area contributed by atoms with Gasteiger partial charge in [-0.3, -0.25) is 0 Å². The molecule has 0 saturated heterocycles. The highest BCUT2D eigenvalue weighted by Crippen LogP contribution is 2.21. The summed E-state index contributed by atoms with van der Waals surface area (Å²) < 4.78 is 2.35. The van der Waals surface area contributed by atoms with Crippen LogP contribution in [0, 0.1) is 13.8 Å². The van der Waals surface area contributed by atoms with E-state index in [1.54, 1.807) is 0 Å².